The van der Waals surface area contributed by atoms with E-state index in [1.807, 2.05) is 38.1 Å². The molecule has 7 heteroatoms. The van der Waals surface area contributed by atoms with Crippen LogP contribution in [-0.4, -0.2) is 47.5 Å². The zero-order valence-corrected chi connectivity index (χ0v) is 20.8. The Hall–Kier alpha value is -2.57. The first kappa shape index (κ1) is 27.5. The lowest BCUT2D eigenvalue weighted by Gasteiger charge is -2.33. The van der Waals surface area contributed by atoms with Crippen molar-refractivity contribution < 1.29 is 19.1 Å². The molecule has 0 fully saturated rings. The molecular formula is C25H41N3O4. The smallest absolute Gasteiger partial charge is 0.408 e. The molecule has 1 aromatic carbocycles. The third-order valence-corrected chi connectivity index (χ3v) is 4.88. The lowest BCUT2D eigenvalue weighted by atomic mass is 10.0. The second-order valence-electron chi connectivity index (χ2n) is 9.21. The molecule has 0 aliphatic heterocycles. The van der Waals surface area contributed by atoms with Crippen LogP contribution in [0.15, 0.2) is 24.3 Å². The van der Waals surface area contributed by atoms with Crippen LogP contribution in [0.5, 0.6) is 0 Å². The van der Waals surface area contributed by atoms with Crippen molar-refractivity contribution in [2.75, 3.05) is 13.1 Å². The van der Waals surface area contributed by atoms with Crippen LogP contribution in [0.1, 0.15) is 84.4 Å². The number of carbonyl (C=O) groups is 3. The van der Waals surface area contributed by atoms with Crippen LogP contribution in [0.3, 0.4) is 0 Å². The zero-order chi connectivity index (χ0) is 24.3. The third kappa shape index (κ3) is 9.28. The van der Waals surface area contributed by atoms with Crippen LogP contribution in [0.4, 0.5) is 4.79 Å². The van der Waals surface area contributed by atoms with Gasteiger partial charge in [0.05, 0.1) is 0 Å². The molecule has 0 radical (unpaired) electrons. The number of unbranched alkanes of at least 4 members (excludes halogenated alkanes) is 2. The number of nitrogens with one attached hydrogen (secondary N) is 2. The van der Waals surface area contributed by atoms with Crippen molar-refractivity contribution in [3.05, 3.63) is 35.4 Å². The number of amides is 3. The summed E-state index contributed by atoms with van der Waals surface area (Å²) < 4.78 is 5.28. The quantitative estimate of drug-likeness (QED) is 0.489. The maximum atomic E-state index is 13.4. The van der Waals surface area contributed by atoms with Gasteiger partial charge < -0.3 is 20.3 Å². The first-order valence-corrected chi connectivity index (χ1v) is 11.6. The predicted molar refractivity (Wildman–Crippen MR) is 127 cm³/mol. The predicted octanol–water partition coefficient (Wildman–Crippen LogP) is 4.49. The summed E-state index contributed by atoms with van der Waals surface area (Å²) in [5.41, 5.74) is 1.15. The molecule has 0 heterocycles. The minimum absolute atomic E-state index is 0.212. The molecule has 0 aliphatic carbocycles. The number of nitrogens with zero attached hydrogens (tertiary/aromatic N) is 1. The molecule has 3 amide bonds. The van der Waals surface area contributed by atoms with Crippen molar-refractivity contribution in [3.63, 3.8) is 0 Å². The summed E-state index contributed by atoms with van der Waals surface area (Å²) in [6.45, 7) is 13.9. The summed E-state index contributed by atoms with van der Waals surface area (Å²) in [5, 5.41) is 5.60. The average molecular weight is 448 g/mol. The number of aryl methyl sites for hydroxylation is 1. The van der Waals surface area contributed by atoms with Crippen LogP contribution in [-0.2, 0) is 14.3 Å². The fraction of sp³-hybridized carbons (Fsp3) is 0.640. The van der Waals surface area contributed by atoms with Gasteiger partial charge in [0.25, 0.3) is 0 Å². The molecule has 2 N–H and O–H groups in total. The summed E-state index contributed by atoms with van der Waals surface area (Å²) >= 11 is 0. The molecule has 1 rings (SSSR count). The normalized spacial score (nSPS) is 13.1. The molecule has 180 valence electrons. The Bertz CT molecular complexity index is 741. The molecule has 0 spiro atoms. The third-order valence-electron chi connectivity index (χ3n) is 4.88. The summed E-state index contributed by atoms with van der Waals surface area (Å²) in [6.07, 6.45) is 3.00. The Labute approximate surface area is 193 Å². The van der Waals surface area contributed by atoms with Gasteiger partial charge in [-0.05, 0) is 53.0 Å². The highest BCUT2D eigenvalue weighted by atomic mass is 16.6. The summed E-state index contributed by atoms with van der Waals surface area (Å²) in [6, 6.07) is 6.03. The van der Waals surface area contributed by atoms with Crippen LogP contribution in [0.25, 0.3) is 0 Å². The van der Waals surface area contributed by atoms with Gasteiger partial charge in [0, 0.05) is 13.1 Å². The molecule has 2 atom stereocenters. The second-order valence-corrected chi connectivity index (χ2v) is 9.21. The van der Waals surface area contributed by atoms with Crippen LogP contribution >= 0.6 is 0 Å². The van der Waals surface area contributed by atoms with Crippen molar-refractivity contribution in [1.82, 2.24) is 15.5 Å². The highest BCUT2D eigenvalue weighted by Gasteiger charge is 2.34. The van der Waals surface area contributed by atoms with E-state index >= 15 is 0 Å². The SMILES string of the molecule is CCCCCNC(=O)C(c1ccc(C)cc1)N(CCC)C(=O)C(C)NC(=O)OC(C)(C)C. The maximum Gasteiger partial charge on any atom is 0.408 e. The molecular weight excluding hydrogens is 406 g/mol. The standard InChI is InChI=1S/C25H41N3O4/c1-8-10-11-16-26-22(29)21(20-14-12-18(3)13-15-20)28(17-9-2)23(30)19(4)27-24(31)32-25(5,6)7/h12-15,19,21H,8-11,16-17H2,1-7H3,(H,26,29)(H,27,31). The van der Waals surface area contributed by atoms with Gasteiger partial charge in [0.15, 0.2) is 0 Å². The second kappa shape index (κ2) is 13.1. The van der Waals surface area contributed by atoms with E-state index in [9.17, 15) is 14.4 Å². The van der Waals surface area contributed by atoms with Crippen molar-refractivity contribution in [1.29, 1.82) is 0 Å². The van der Waals surface area contributed by atoms with Crippen LogP contribution in [0, 0.1) is 6.92 Å². The monoisotopic (exact) mass is 447 g/mol. The Kier molecular flexibility index (Phi) is 11.2. The van der Waals surface area contributed by atoms with Crippen LogP contribution < -0.4 is 10.6 Å². The first-order chi connectivity index (χ1) is 15.0. The molecule has 0 bridgehead atoms. The first-order valence-electron chi connectivity index (χ1n) is 11.6. The van der Waals surface area contributed by atoms with E-state index in [2.05, 4.69) is 17.6 Å². The number of carbonyl (C=O) groups excluding carboxylic acids is 3. The van der Waals surface area contributed by atoms with Gasteiger partial charge in [-0.15, -0.1) is 0 Å². The van der Waals surface area contributed by atoms with Gasteiger partial charge in [0.1, 0.15) is 17.7 Å². The number of ether oxygens (including phenoxy) is 1. The van der Waals surface area contributed by atoms with E-state index in [-0.39, 0.29) is 11.8 Å². The van der Waals surface area contributed by atoms with Gasteiger partial charge in [-0.3, -0.25) is 9.59 Å². The lowest BCUT2D eigenvalue weighted by molar-refractivity contribution is -0.142. The minimum atomic E-state index is -0.836. The Balaban J connectivity index is 3.13. The summed E-state index contributed by atoms with van der Waals surface area (Å²) in [5.74, 6) is -0.539. The molecule has 0 aromatic heterocycles. The zero-order valence-electron chi connectivity index (χ0n) is 20.8. The minimum Gasteiger partial charge on any atom is -0.444 e. The molecule has 32 heavy (non-hydrogen) atoms. The number of benzene rings is 1. The fourth-order valence-electron chi connectivity index (χ4n) is 3.31. The van der Waals surface area contributed by atoms with Crippen molar-refractivity contribution in [3.8, 4) is 0 Å². The molecule has 7 nitrogen and oxygen atoms in total. The van der Waals surface area contributed by atoms with E-state index < -0.39 is 23.8 Å². The highest BCUT2D eigenvalue weighted by Crippen LogP contribution is 2.23. The van der Waals surface area contributed by atoms with E-state index in [0.717, 1.165) is 30.4 Å². The number of rotatable bonds is 11. The van der Waals surface area contributed by atoms with Gasteiger partial charge in [-0.2, -0.15) is 0 Å². The van der Waals surface area contributed by atoms with E-state index in [1.165, 1.54) is 0 Å². The van der Waals surface area contributed by atoms with E-state index in [4.69, 9.17) is 4.74 Å². The largest absolute Gasteiger partial charge is 0.444 e. The maximum absolute atomic E-state index is 13.4. The number of hydrogen-bond acceptors (Lipinski definition) is 4. The molecule has 0 saturated carbocycles. The van der Waals surface area contributed by atoms with Gasteiger partial charge in [-0.25, -0.2) is 4.79 Å². The van der Waals surface area contributed by atoms with E-state index in [0.29, 0.717) is 19.5 Å². The molecule has 1 aromatic rings. The summed E-state index contributed by atoms with van der Waals surface area (Å²) in [7, 11) is 0. The summed E-state index contributed by atoms with van der Waals surface area (Å²) in [4.78, 5) is 40.3. The average Bonchev–Trinajstić information content (AvgIpc) is 2.70. The Morgan fingerprint density at radius 3 is 2.19 bits per heavy atom. The number of alkyl carbamates (subject to hydrolysis) is 1. The van der Waals surface area contributed by atoms with Gasteiger partial charge in [-0.1, -0.05) is 56.5 Å². The van der Waals surface area contributed by atoms with Crippen LogP contribution in [0.2, 0.25) is 0 Å². The molecule has 2 unspecified atom stereocenters. The lowest BCUT2D eigenvalue weighted by Crippen LogP contribution is -2.52. The van der Waals surface area contributed by atoms with Crippen molar-refractivity contribution in [2.45, 2.75) is 91.8 Å². The van der Waals surface area contributed by atoms with Crippen molar-refractivity contribution >= 4 is 17.9 Å². The number of hydrogen-bond donors (Lipinski definition) is 2. The fourth-order valence-corrected chi connectivity index (χ4v) is 3.31. The van der Waals surface area contributed by atoms with Gasteiger partial charge >= 0.3 is 6.09 Å². The van der Waals surface area contributed by atoms with Crippen molar-refractivity contribution in [2.24, 2.45) is 0 Å². The Morgan fingerprint density at radius 2 is 1.66 bits per heavy atom. The van der Waals surface area contributed by atoms with Gasteiger partial charge in [0.2, 0.25) is 11.8 Å². The Morgan fingerprint density at radius 1 is 1.03 bits per heavy atom. The topological polar surface area (TPSA) is 87.7 Å². The molecule has 0 aliphatic rings. The van der Waals surface area contributed by atoms with E-state index in [1.54, 1.807) is 32.6 Å². The molecule has 0 saturated heterocycles. The highest BCUT2D eigenvalue weighted by molar-refractivity contribution is 5.91.